The van der Waals surface area contributed by atoms with Crippen molar-refractivity contribution in [1.82, 2.24) is 5.32 Å². The third kappa shape index (κ3) is 3.81. The second kappa shape index (κ2) is 7.56. The van der Waals surface area contributed by atoms with Crippen LogP contribution in [0.2, 0.25) is 5.02 Å². The molecule has 1 atom stereocenters. The topological polar surface area (TPSA) is 80.6 Å². The van der Waals surface area contributed by atoms with E-state index < -0.39 is 5.91 Å². The van der Waals surface area contributed by atoms with Gasteiger partial charge in [-0.25, -0.2) is 0 Å². The Morgan fingerprint density at radius 3 is 2.96 bits per heavy atom. The molecule has 0 aromatic heterocycles. The number of hydrogen-bond donors (Lipinski definition) is 1. The van der Waals surface area contributed by atoms with Crippen LogP contribution in [0.1, 0.15) is 18.4 Å². The highest BCUT2D eigenvalue weighted by molar-refractivity contribution is 6.32. The molecule has 126 valence electrons. The van der Waals surface area contributed by atoms with Gasteiger partial charge < -0.3 is 19.5 Å². The first kappa shape index (κ1) is 16.6. The van der Waals surface area contributed by atoms with Crippen LogP contribution in [-0.2, 0) is 9.53 Å². The van der Waals surface area contributed by atoms with Crippen molar-refractivity contribution in [3.8, 4) is 17.6 Å². The van der Waals surface area contributed by atoms with Crippen LogP contribution in [0.15, 0.2) is 17.7 Å². The number of carbonyl (C=O) groups excluding carboxylic acids is 1. The third-order valence-corrected chi connectivity index (χ3v) is 4.09. The summed E-state index contributed by atoms with van der Waals surface area (Å²) >= 11 is 6.17. The first-order chi connectivity index (χ1) is 11.7. The van der Waals surface area contributed by atoms with E-state index >= 15 is 0 Å². The predicted octanol–water partition coefficient (Wildman–Crippen LogP) is 2.31. The minimum atomic E-state index is -0.431. The molecule has 1 saturated heterocycles. The largest absolute Gasteiger partial charge is 0.486 e. The van der Waals surface area contributed by atoms with Gasteiger partial charge in [0.15, 0.2) is 11.5 Å². The van der Waals surface area contributed by atoms with Gasteiger partial charge in [-0.15, -0.1) is 0 Å². The van der Waals surface area contributed by atoms with Crippen LogP contribution in [0.4, 0.5) is 0 Å². The Morgan fingerprint density at radius 1 is 1.38 bits per heavy atom. The van der Waals surface area contributed by atoms with Gasteiger partial charge in [-0.3, -0.25) is 4.79 Å². The maximum absolute atomic E-state index is 12.2. The molecular formula is C17H17ClN2O4. The first-order valence-corrected chi connectivity index (χ1v) is 8.16. The van der Waals surface area contributed by atoms with Crippen molar-refractivity contribution in [2.24, 2.45) is 0 Å². The summed E-state index contributed by atoms with van der Waals surface area (Å²) < 4.78 is 16.4. The molecule has 2 aliphatic rings. The van der Waals surface area contributed by atoms with Crippen LogP contribution < -0.4 is 14.8 Å². The molecule has 7 heteroatoms. The first-order valence-electron chi connectivity index (χ1n) is 7.78. The second-order valence-corrected chi connectivity index (χ2v) is 5.95. The normalized spacial score (nSPS) is 19.7. The Balaban J connectivity index is 1.73. The third-order valence-electron chi connectivity index (χ3n) is 3.81. The fraction of sp³-hybridized carbons (Fsp3) is 0.412. The number of halogens is 1. The van der Waals surface area contributed by atoms with E-state index in [0.29, 0.717) is 41.8 Å². The average molecular weight is 349 g/mol. The van der Waals surface area contributed by atoms with Crippen LogP contribution >= 0.6 is 11.6 Å². The molecule has 24 heavy (non-hydrogen) atoms. The lowest BCUT2D eigenvalue weighted by molar-refractivity contribution is -0.117. The zero-order valence-corrected chi connectivity index (χ0v) is 13.8. The van der Waals surface area contributed by atoms with Crippen LogP contribution in [0, 0.1) is 11.3 Å². The summed E-state index contributed by atoms with van der Waals surface area (Å²) in [6.45, 7) is 2.00. The quantitative estimate of drug-likeness (QED) is 0.667. The fourth-order valence-electron chi connectivity index (χ4n) is 2.64. The highest BCUT2D eigenvalue weighted by Crippen LogP contribution is 2.38. The van der Waals surface area contributed by atoms with E-state index in [9.17, 15) is 10.1 Å². The smallest absolute Gasteiger partial charge is 0.262 e. The van der Waals surface area contributed by atoms with E-state index in [1.54, 1.807) is 12.1 Å². The van der Waals surface area contributed by atoms with Gasteiger partial charge in [0.1, 0.15) is 24.9 Å². The maximum Gasteiger partial charge on any atom is 0.262 e. The Labute approximate surface area is 144 Å². The number of fused-ring (bicyclic) bond motifs is 1. The average Bonchev–Trinajstić information content (AvgIpc) is 3.11. The predicted molar refractivity (Wildman–Crippen MR) is 88.0 cm³/mol. The minimum Gasteiger partial charge on any atom is -0.486 e. The number of nitriles is 1. The molecule has 1 aromatic rings. The lowest BCUT2D eigenvalue weighted by Gasteiger charge is -2.19. The summed E-state index contributed by atoms with van der Waals surface area (Å²) in [5.41, 5.74) is 0.605. The molecule has 0 unspecified atom stereocenters. The molecule has 2 aliphatic heterocycles. The number of ether oxygens (including phenoxy) is 3. The van der Waals surface area contributed by atoms with Crippen molar-refractivity contribution in [2.75, 3.05) is 26.4 Å². The molecule has 1 N–H and O–H groups in total. The molecule has 6 nitrogen and oxygen atoms in total. The van der Waals surface area contributed by atoms with E-state index in [-0.39, 0.29) is 11.7 Å². The monoisotopic (exact) mass is 348 g/mol. The maximum atomic E-state index is 12.2. The van der Waals surface area contributed by atoms with Gasteiger partial charge in [-0.2, -0.15) is 5.26 Å². The lowest BCUT2D eigenvalue weighted by atomic mass is 10.1. The number of amides is 1. The molecule has 0 saturated carbocycles. The number of nitrogens with zero attached hydrogens (tertiary/aromatic N) is 1. The van der Waals surface area contributed by atoms with Crippen LogP contribution in [0.25, 0.3) is 6.08 Å². The van der Waals surface area contributed by atoms with Gasteiger partial charge in [0.25, 0.3) is 5.91 Å². The molecule has 0 aliphatic carbocycles. The summed E-state index contributed by atoms with van der Waals surface area (Å²) in [4.78, 5) is 12.2. The number of hydrogen-bond acceptors (Lipinski definition) is 5. The lowest BCUT2D eigenvalue weighted by Crippen LogP contribution is -2.32. The molecule has 1 amide bonds. The van der Waals surface area contributed by atoms with Crippen LogP contribution in [0.3, 0.4) is 0 Å². The minimum absolute atomic E-state index is 0.000686. The van der Waals surface area contributed by atoms with Crippen molar-refractivity contribution >= 4 is 23.6 Å². The summed E-state index contributed by atoms with van der Waals surface area (Å²) in [5.74, 6) is 0.567. The van der Waals surface area contributed by atoms with Crippen molar-refractivity contribution < 1.29 is 19.0 Å². The molecule has 2 heterocycles. The van der Waals surface area contributed by atoms with E-state index in [1.165, 1.54) is 6.08 Å². The molecule has 1 aromatic carbocycles. The molecule has 3 rings (SSSR count). The highest BCUT2D eigenvalue weighted by atomic mass is 35.5. The molecule has 0 bridgehead atoms. The number of carbonyl (C=O) groups is 1. The highest BCUT2D eigenvalue weighted by Gasteiger charge is 2.19. The summed E-state index contributed by atoms with van der Waals surface area (Å²) in [6.07, 6.45) is 3.42. The van der Waals surface area contributed by atoms with Gasteiger partial charge in [0.05, 0.1) is 11.1 Å². The fourth-order valence-corrected chi connectivity index (χ4v) is 2.91. The van der Waals surface area contributed by atoms with Crippen LogP contribution in [0.5, 0.6) is 11.5 Å². The second-order valence-electron chi connectivity index (χ2n) is 5.54. The Hall–Kier alpha value is -2.23. The summed E-state index contributed by atoms with van der Waals surface area (Å²) in [6, 6.07) is 5.26. The van der Waals surface area contributed by atoms with E-state index in [2.05, 4.69) is 5.32 Å². The Bertz CT molecular complexity index is 705. The van der Waals surface area contributed by atoms with Crippen molar-refractivity contribution in [3.63, 3.8) is 0 Å². The van der Waals surface area contributed by atoms with Gasteiger partial charge in [0, 0.05) is 13.2 Å². The summed E-state index contributed by atoms with van der Waals surface area (Å²) in [7, 11) is 0. The Morgan fingerprint density at radius 2 is 2.21 bits per heavy atom. The SMILES string of the molecule is N#C/C(=C\c1cc(Cl)c2c(c1)OCCO2)C(=O)NC[C@@H]1CCCO1. The standard InChI is InChI=1S/C17H17ClN2O4/c18-14-7-11(8-15-16(14)24-5-4-23-15)6-12(9-19)17(21)20-10-13-2-1-3-22-13/h6-8,13H,1-5,10H2,(H,20,21)/b12-6+/t13-/m0/s1. The zero-order valence-electron chi connectivity index (χ0n) is 13.0. The molecule has 0 radical (unpaired) electrons. The van der Waals surface area contributed by atoms with Crippen LogP contribution in [-0.4, -0.2) is 38.4 Å². The zero-order chi connectivity index (χ0) is 16.9. The molecular weight excluding hydrogens is 332 g/mol. The number of nitrogens with one attached hydrogen (secondary N) is 1. The van der Waals surface area contributed by atoms with Gasteiger partial charge in [-0.1, -0.05) is 11.6 Å². The van der Waals surface area contributed by atoms with E-state index in [1.807, 2.05) is 6.07 Å². The van der Waals surface area contributed by atoms with Gasteiger partial charge in [0.2, 0.25) is 0 Å². The molecule has 0 spiro atoms. The number of benzene rings is 1. The van der Waals surface area contributed by atoms with E-state index in [4.69, 9.17) is 25.8 Å². The van der Waals surface area contributed by atoms with Gasteiger partial charge in [-0.05, 0) is 36.6 Å². The van der Waals surface area contributed by atoms with Crippen molar-refractivity contribution in [2.45, 2.75) is 18.9 Å². The Kier molecular flexibility index (Phi) is 5.24. The van der Waals surface area contributed by atoms with Gasteiger partial charge >= 0.3 is 0 Å². The van der Waals surface area contributed by atoms with E-state index in [0.717, 1.165) is 19.4 Å². The summed E-state index contributed by atoms with van der Waals surface area (Å²) in [5, 5.41) is 12.4. The van der Waals surface area contributed by atoms with Crippen molar-refractivity contribution in [3.05, 3.63) is 28.3 Å². The molecule has 1 fully saturated rings. The number of rotatable bonds is 4. The van der Waals surface area contributed by atoms with Crippen molar-refractivity contribution in [1.29, 1.82) is 5.26 Å².